The molecule has 2 rings (SSSR count). The van der Waals surface area contributed by atoms with E-state index in [0.717, 1.165) is 26.2 Å². The molecule has 0 bridgehead atoms. The average molecular weight is 279 g/mol. The number of piperazine rings is 1. The average Bonchev–Trinajstić information content (AvgIpc) is 2.47. The monoisotopic (exact) mass is 279 g/mol. The zero-order valence-electron chi connectivity index (χ0n) is 11.3. The van der Waals surface area contributed by atoms with Crippen LogP contribution in [0.25, 0.3) is 0 Å². The molecule has 0 amide bonds. The molecule has 108 valence electrons. The summed E-state index contributed by atoms with van der Waals surface area (Å²) in [4.78, 5) is 24.6. The van der Waals surface area contributed by atoms with Gasteiger partial charge in [0.15, 0.2) is 0 Å². The molecule has 1 aliphatic rings. The fourth-order valence-corrected chi connectivity index (χ4v) is 2.31. The molecule has 7 nitrogen and oxygen atoms in total. The molecular weight excluding hydrogens is 262 g/mol. The van der Waals surface area contributed by atoms with Crippen LogP contribution >= 0.6 is 0 Å². The van der Waals surface area contributed by atoms with Gasteiger partial charge in [0.1, 0.15) is 0 Å². The molecule has 1 N–H and O–H groups in total. The maximum absolute atomic E-state index is 11.8. The lowest BCUT2D eigenvalue weighted by Crippen LogP contribution is -2.43. The van der Waals surface area contributed by atoms with Crippen LogP contribution in [-0.4, -0.2) is 49.1 Å². The second-order valence-corrected chi connectivity index (χ2v) is 4.58. The summed E-state index contributed by atoms with van der Waals surface area (Å²) < 4.78 is 4.71. The molecular formula is C13H17N3O4. The first-order valence-electron chi connectivity index (χ1n) is 6.41. The number of benzene rings is 1. The summed E-state index contributed by atoms with van der Waals surface area (Å²) in [7, 11) is 1.27. The summed E-state index contributed by atoms with van der Waals surface area (Å²) in [6, 6.07) is 4.49. The molecule has 0 radical (unpaired) electrons. The molecule has 0 unspecified atom stereocenters. The Labute approximate surface area is 116 Å². The summed E-state index contributed by atoms with van der Waals surface area (Å²) >= 11 is 0. The highest BCUT2D eigenvalue weighted by Crippen LogP contribution is 2.24. The highest BCUT2D eigenvalue weighted by molar-refractivity contribution is 5.92. The van der Waals surface area contributed by atoms with Crippen LogP contribution in [0.2, 0.25) is 0 Å². The topological polar surface area (TPSA) is 84.7 Å². The third kappa shape index (κ3) is 3.12. The number of nitro benzene ring substituents is 1. The minimum atomic E-state index is -0.543. The van der Waals surface area contributed by atoms with Crippen molar-refractivity contribution in [3.8, 4) is 0 Å². The van der Waals surface area contributed by atoms with E-state index in [-0.39, 0.29) is 11.3 Å². The van der Waals surface area contributed by atoms with Crippen LogP contribution in [0.1, 0.15) is 15.9 Å². The van der Waals surface area contributed by atoms with Crippen LogP contribution in [0.4, 0.5) is 5.69 Å². The van der Waals surface area contributed by atoms with Crippen LogP contribution in [0.3, 0.4) is 0 Å². The lowest BCUT2D eigenvalue weighted by atomic mass is 10.0. The van der Waals surface area contributed by atoms with Gasteiger partial charge in [-0.15, -0.1) is 0 Å². The minimum Gasteiger partial charge on any atom is -0.465 e. The van der Waals surface area contributed by atoms with E-state index >= 15 is 0 Å². The van der Waals surface area contributed by atoms with Crippen molar-refractivity contribution in [1.29, 1.82) is 0 Å². The Kier molecular flexibility index (Phi) is 4.65. The quantitative estimate of drug-likeness (QED) is 0.498. The van der Waals surface area contributed by atoms with Crippen molar-refractivity contribution >= 4 is 11.7 Å². The van der Waals surface area contributed by atoms with E-state index in [1.165, 1.54) is 19.2 Å². The number of carbonyl (C=O) groups is 1. The van der Waals surface area contributed by atoms with Gasteiger partial charge in [-0.1, -0.05) is 6.07 Å². The molecule has 20 heavy (non-hydrogen) atoms. The SMILES string of the molecule is COC(=O)c1cccc([N+](=O)[O-])c1CN1CCNCC1. The number of hydrogen-bond acceptors (Lipinski definition) is 6. The molecule has 0 aromatic heterocycles. The number of methoxy groups -OCH3 is 1. The second kappa shape index (κ2) is 6.44. The number of rotatable bonds is 4. The molecule has 0 spiro atoms. The summed E-state index contributed by atoms with van der Waals surface area (Å²) in [6.45, 7) is 3.66. The Balaban J connectivity index is 2.35. The summed E-state index contributed by atoms with van der Waals surface area (Å²) in [5, 5.41) is 14.4. The van der Waals surface area contributed by atoms with Gasteiger partial charge in [0, 0.05) is 38.8 Å². The van der Waals surface area contributed by atoms with Crippen molar-refractivity contribution in [2.24, 2.45) is 0 Å². The van der Waals surface area contributed by atoms with Crippen LogP contribution in [0, 0.1) is 10.1 Å². The van der Waals surface area contributed by atoms with Gasteiger partial charge in [-0.3, -0.25) is 15.0 Å². The molecule has 0 saturated carbocycles. The van der Waals surface area contributed by atoms with Crippen LogP contribution in [0.15, 0.2) is 18.2 Å². The van der Waals surface area contributed by atoms with E-state index in [1.54, 1.807) is 6.07 Å². The normalized spacial score (nSPS) is 15.8. The largest absolute Gasteiger partial charge is 0.465 e. The molecule has 0 atom stereocenters. The number of esters is 1. The van der Waals surface area contributed by atoms with Crippen molar-refractivity contribution < 1.29 is 14.5 Å². The third-order valence-corrected chi connectivity index (χ3v) is 3.34. The number of hydrogen-bond donors (Lipinski definition) is 1. The highest BCUT2D eigenvalue weighted by atomic mass is 16.6. The molecule has 0 aliphatic carbocycles. The van der Waals surface area contributed by atoms with Gasteiger partial charge in [0.25, 0.3) is 5.69 Å². The van der Waals surface area contributed by atoms with Crippen molar-refractivity contribution in [2.45, 2.75) is 6.54 Å². The molecule has 1 saturated heterocycles. The number of ether oxygens (including phenoxy) is 1. The Morgan fingerprint density at radius 2 is 2.15 bits per heavy atom. The van der Waals surface area contributed by atoms with E-state index in [4.69, 9.17) is 4.74 Å². The fraction of sp³-hybridized carbons (Fsp3) is 0.462. The van der Waals surface area contributed by atoms with Gasteiger partial charge in [-0.2, -0.15) is 0 Å². The van der Waals surface area contributed by atoms with Gasteiger partial charge in [0.05, 0.1) is 23.2 Å². The van der Waals surface area contributed by atoms with Gasteiger partial charge in [0.2, 0.25) is 0 Å². The third-order valence-electron chi connectivity index (χ3n) is 3.34. The number of nitrogens with zero attached hydrogens (tertiary/aromatic N) is 2. The summed E-state index contributed by atoms with van der Waals surface area (Å²) in [5.41, 5.74) is 0.651. The Bertz CT molecular complexity index is 512. The van der Waals surface area contributed by atoms with Crippen LogP contribution in [0.5, 0.6) is 0 Å². The lowest BCUT2D eigenvalue weighted by Gasteiger charge is -2.27. The first-order chi connectivity index (χ1) is 9.63. The number of nitrogens with one attached hydrogen (secondary N) is 1. The maximum atomic E-state index is 11.8. The van der Waals surface area contributed by atoms with E-state index in [9.17, 15) is 14.9 Å². The highest BCUT2D eigenvalue weighted by Gasteiger charge is 2.24. The molecule has 7 heteroatoms. The van der Waals surface area contributed by atoms with Gasteiger partial charge in [-0.05, 0) is 6.07 Å². The maximum Gasteiger partial charge on any atom is 0.338 e. The van der Waals surface area contributed by atoms with E-state index in [1.807, 2.05) is 0 Å². The summed E-state index contributed by atoms with van der Waals surface area (Å²) in [5.74, 6) is -0.543. The van der Waals surface area contributed by atoms with Crippen molar-refractivity contribution in [3.05, 3.63) is 39.4 Å². The first-order valence-corrected chi connectivity index (χ1v) is 6.41. The van der Waals surface area contributed by atoms with Crippen LogP contribution < -0.4 is 5.32 Å². The number of carbonyl (C=O) groups excluding carboxylic acids is 1. The molecule has 1 aromatic rings. The zero-order valence-corrected chi connectivity index (χ0v) is 11.3. The van der Waals surface area contributed by atoms with Gasteiger partial charge >= 0.3 is 5.97 Å². The second-order valence-electron chi connectivity index (χ2n) is 4.58. The van der Waals surface area contributed by atoms with Crippen LogP contribution in [-0.2, 0) is 11.3 Å². The number of nitro groups is 1. The summed E-state index contributed by atoms with van der Waals surface area (Å²) in [6.07, 6.45) is 0. The van der Waals surface area contributed by atoms with E-state index < -0.39 is 10.9 Å². The van der Waals surface area contributed by atoms with Crippen molar-refractivity contribution in [3.63, 3.8) is 0 Å². The predicted molar refractivity (Wildman–Crippen MR) is 72.6 cm³/mol. The standard InChI is InChI=1S/C13H17N3O4/c1-20-13(17)10-3-2-4-12(16(18)19)11(10)9-15-7-5-14-6-8-15/h2-4,14H,5-9H2,1H3. The zero-order chi connectivity index (χ0) is 14.5. The van der Waals surface area contributed by atoms with Gasteiger partial charge < -0.3 is 10.1 Å². The lowest BCUT2D eigenvalue weighted by molar-refractivity contribution is -0.385. The molecule has 1 aliphatic heterocycles. The predicted octanol–water partition coefficient (Wildman–Crippen LogP) is 0.787. The van der Waals surface area contributed by atoms with E-state index in [2.05, 4.69) is 10.2 Å². The Hall–Kier alpha value is -1.99. The Morgan fingerprint density at radius 1 is 1.45 bits per heavy atom. The van der Waals surface area contributed by atoms with Crippen molar-refractivity contribution in [2.75, 3.05) is 33.3 Å². The molecule has 1 heterocycles. The first kappa shape index (κ1) is 14.4. The smallest absolute Gasteiger partial charge is 0.338 e. The van der Waals surface area contributed by atoms with Crippen molar-refractivity contribution in [1.82, 2.24) is 10.2 Å². The minimum absolute atomic E-state index is 0.0357. The molecule has 1 aromatic carbocycles. The van der Waals surface area contributed by atoms with Gasteiger partial charge in [-0.25, -0.2) is 4.79 Å². The molecule has 1 fully saturated rings. The van der Waals surface area contributed by atoms with E-state index in [0.29, 0.717) is 12.1 Å². The fourth-order valence-electron chi connectivity index (χ4n) is 2.31. The Morgan fingerprint density at radius 3 is 2.75 bits per heavy atom.